The molecule has 3 aromatic heterocycles. The first kappa shape index (κ1) is 19.8. The average molecular weight is 418 g/mol. The molecule has 0 radical (unpaired) electrons. The number of aryl methyl sites for hydroxylation is 2. The minimum absolute atomic E-state index is 0.0698. The maximum atomic E-state index is 12.8. The van der Waals surface area contributed by atoms with Gasteiger partial charge in [-0.05, 0) is 51.3 Å². The normalized spacial score (nSPS) is 16.6. The minimum Gasteiger partial charge on any atom is -0.475 e. The molecule has 1 aliphatic heterocycles. The highest BCUT2D eigenvalue weighted by Gasteiger charge is 2.22. The molecule has 0 saturated carbocycles. The SMILES string of the molecule is Cc1cc(OC(C)C)nc(C)c1-c1ccc2c(c1)[nH]c(=O)c1cnn(C3CCOC3)c12. The van der Waals surface area contributed by atoms with Crippen molar-refractivity contribution < 1.29 is 9.47 Å². The van der Waals surface area contributed by atoms with Crippen LogP contribution in [0.1, 0.15) is 37.6 Å². The van der Waals surface area contributed by atoms with Crippen LogP contribution >= 0.6 is 0 Å². The van der Waals surface area contributed by atoms with E-state index in [0.29, 0.717) is 17.9 Å². The predicted molar refractivity (Wildman–Crippen MR) is 121 cm³/mol. The van der Waals surface area contributed by atoms with Gasteiger partial charge < -0.3 is 14.5 Å². The van der Waals surface area contributed by atoms with Crippen LogP contribution in [-0.4, -0.2) is 39.1 Å². The Morgan fingerprint density at radius 3 is 2.77 bits per heavy atom. The summed E-state index contributed by atoms with van der Waals surface area (Å²) in [5.41, 5.74) is 5.57. The lowest BCUT2D eigenvalue weighted by Gasteiger charge is -2.15. The zero-order chi connectivity index (χ0) is 21.7. The monoisotopic (exact) mass is 418 g/mol. The van der Waals surface area contributed by atoms with Crippen LogP contribution < -0.4 is 10.3 Å². The second-order valence-corrected chi connectivity index (χ2v) is 8.49. The van der Waals surface area contributed by atoms with Crippen molar-refractivity contribution in [3.05, 3.63) is 52.1 Å². The molecular weight excluding hydrogens is 392 g/mol. The van der Waals surface area contributed by atoms with Gasteiger partial charge in [0.25, 0.3) is 5.56 Å². The van der Waals surface area contributed by atoms with Crippen molar-refractivity contribution in [1.29, 1.82) is 0 Å². The fourth-order valence-corrected chi connectivity index (χ4v) is 4.52. The fourth-order valence-electron chi connectivity index (χ4n) is 4.52. The lowest BCUT2D eigenvalue weighted by molar-refractivity contribution is 0.185. The topological polar surface area (TPSA) is 82.0 Å². The fraction of sp³-hybridized carbons (Fsp3) is 0.375. The molecule has 7 heteroatoms. The standard InChI is InChI=1S/C24H26N4O3/c1-13(2)31-21-9-14(3)22(15(4)26-21)16-5-6-18-20(10-16)27-24(29)19-11-25-28(23(18)19)17-7-8-30-12-17/h5-6,9-11,13,17H,7-8,12H2,1-4H3,(H,27,29). The van der Waals surface area contributed by atoms with Crippen molar-refractivity contribution in [3.8, 4) is 17.0 Å². The van der Waals surface area contributed by atoms with E-state index < -0.39 is 0 Å². The predicted octanol–water partition coefficient (Wildman–Crippen LogP) is 4.31. The van der Waals surface area contributed by atoms with Gasteiger partial charge in [0.2, 0.25) is 5.88 Å². The summed E-state index contributed by atoms with van der Waals surface area (Å²) in [6, 6.07) is 8.30. The van der Waals surface area contributed by atoms with Gasteiger partial charge in [-0.1, -0.05) is 12.1 Å². The Morgan fingerprint density at radius 1 is 1.23 bits per heavy atom. The van der Waals surface area contributed by atoms with Crippen LogP contribution in [0.25, 0.3) is 32.9 Å². The Labute approximate surface area is 180 Å². The van der Waals surface area contributed by atoms with Crippen molar-refractivity contribution in [2.24, 2.45) is 0 Å². The van der Waals surface area contributed by atoms with E-state index in [2.05, 4.69) is 34.1 Å². The van der Waals surface area contributed by atoms with Gasteiger partial charge in [0, 0.05) is 29.3 Å². The molecule has 1 N–H and O–H groups in total. The molecule has 1 unspecified atom stereocenters. The number of aromatic amines is 1. The van der Waals surface area contributed by atoms with Crippen LogP contribution in [0.4, 0.5) is 0 Å². The lowest BCUT2D eigenvalue weighted by atomic mass is 9.98. The van der Waals surface area contributed by atoms with Gasteiger partial charge in [-0.3, -0.25) is 9.48 Å². The molecule has 1 saturated heterocycles. The summed E-state index contributed by atoms with van der Waals surface area (Å²) in [5.74, 6) is 0.632. The number of rotatable bonds is 4. The second kappa shape index (κ2) is 7.50. The van der Waals surface area contributed by atoms with E-state index >= 15 is 0 Å². The van der Waals surface area contributed by atoms with Gasteiger partial charge in [0.1, 0.15) is 0 Å². The van der Waals surface area contributed by atoms with Crippen molar-refractivity contribution in [2.45, 2.75) is 46.3 Å². The van der Waals surface area contributed by atoms with E-state index in [4.69, 9.17) is 9.47 Å². The summed E-state index contributed by atoms with van der Waals surface area (Å²) >= 11 is 0. The Kier molecular flexibility index (Phi) is 4.78. The molecule has 0 aliphatic carbocycles. The number of nitrogens with zero attached hydrogens (tertiary/aromatic N) is 3. The Bertz CT molecular complexity index is 1320. The molecule has 4 heterocycles. The molecule has 5 rings (SSSR count). The molecule has 0 bridgehead atoms. The molecule has 160 valence electrons. The summed E-state index contributed by atoms with van der Waals surface area (Å²) in [6.45, 7) is 9.37. The number of nitrogens with one attached hydrogen (secondary N) is 1. The van der Waals surface area contributed by atoms with Crippen LogP contribution in [0, 0.1) is 13.8 Å². The Balaban J connectivity index is 1.67. The van der Waals surface area contributed by atoms with Gasteiger partial charge in [0.15, 0.2) is 0 Å². The molecule has 1 aromatic carbocycles. The smallest absolute Gasteiger partial charge is 0.259 e. The summed E-state index contributed by atoms with van der Waals surface area (Å²) in [5, 5.41) is 6.11. The molecule has 0 spiro atoms. The molecular formula is C24H26N4O3. The van der Waals surface area contributed by atoms with Gasteiger partial charge in [-0.15, -0.1) is 0 Å². The summed E-state index contributed by atoms with van der Waals surface area (Å²) in [6.07, 6.45) is 2.63. The van der Waals surface area contributed by atoms with E-state index in [1.165, 1.54) is 0 Å². The molecule has 4 aromatic rings. The van der Waals surface area contributed by atoms with Crippen LogP contribution in [0.2, 0.25) is 0 Å². The van der Waals surface area contributed by atoms with Gasteiger partial charge in [0.05, 0.1) is 41.4 Å². The third-order valence-electron chi connectivity index (χ3n) is 5.83. The zero-order valence-electron chi connectivity index (χ0n) is 18.2. The molecule has 1 atom stereocenters. The summed E-state index contributed by atoms with van der Waals surface area (Å²) in [4.78, 5) is 20.5. The maximum absolute atomic E-state index is 12.8. The summed E-state index contributed by atoms with van der Waals surface area (Å²) in [7, 11) is 0. The van der Waals surface area contributed by atoms with Crippen LogP contribution in [0.5, 0.6) is 5.88 Å². The van der Waals surface area contributed by atoms with E-state index in [1.807, 2.05) is 37.6 Å². The van der Waals surface area contributed by atoms with Gasteiger partial charge in [-0.25, -0.2) is 4.98 Å². The van der Waals surface area contributed by atoms with Crippen LogP contribution in [0.3, 0.4) is 0 Å². The maximum Gasteiger partial charge on any atom is 0.259 e. The number of fused-ring (bicyclic) bond motifs is 3. The number of hydrogen-bond acceptors (Lipinski definition) is 5. The van der Waals surface area contributed by atoms with E-state index in [-0.39, 0.29) is 17.7 Å². The molecule has 1 aliphatic rings. The lowest BCUT2D eigenvalue weighted by Crippen LogP contribution is -2.12. The highest BCUT2D eigenvalue weighted by atomic mass is 16.5. The number of hydrogen-bond donors (Lipinski definition) is 1. The Hall–Kier alpha value is -3.19. The van der Waals surface area contributed by atoms with Gasteiger partial charge >= 0.3 is 0 Å². The second-order valence-electron chi connectivity index (χ2n) is 8.49. The third kappa shape index (κ3) is 3.39. The number of H-pyrrole nitrogens is 1. The first-order valence-corrected chi connectivity index (χ1v) is 10.7. The first-order chi connectivity index (χ1) is 14.9. The van der Waals surface area contributed by atoms with E-state index in [0.717, 1.165) is 51.8 Å². The number of aromatic nitrogens is 4. The molecule has 0 amide bonds. The van der Waals surface area contributed by atoms with Crippen molar-refractivity contribution in [1.82, 2.24) is 19.7 Å². The molecule has 1 fully saturated rings. The van der Waals surface area contributed by atoms with Crippen LogP contribution in [-0.2, 0) is 4.74 Å². The largest absolute Gasteiger partial charge is 0.475 e. The Morgan fingerprint density at radius 2 is 2.06 bits per heavy atom. The number of ether oxygens (including phenoxy) is 2. The van der Waals surface area contributed by atoms with Gasteiger partial charge in [-0.2, -0.15) is 5.10 Å². The summed E-state index contributed by atoms with van der Waals surface area (Å²) < 4.78 is 13.3. The third-order valence-corrected chi connectivity index (χ3v) is 5.83. The number of pyridine rings is 2. The number of benzene rings is 1. The molecule has 7 nitrogen and oxygen atoms in total. The highest BCUT2D eigenvalue weighted by molar-refractivity contribution is 6.04. The van der Waals surface area contributed by atoms with Crippen LogP contribution in [0.15, 0.2) is 35.3 Å². The first-order valence-electron chi connectivity index (χ1n) is 10.7. The minimum atomic E-state index is -0.128. The van der Waals surface area contributed by atoms with Crippen molar-refractivity contribution in [3.63, 3.8) is 0 Å². The molecule has 31 heavy (non-hydrogen) atoms. The average Bonchev–Trinajstić information content (AvgIpc) is 3.37. The van der Waals surface area contributed by atoms with Crippen molar-refractivity contribution in [2.75, 3.05) is 13.2 Å². The van der Waals surface area contributed by atoms with E-state index in [9.17, 15) is 4.79 Å². The highest BCUT2D eigenvalue weighted by Crippen LogP contribution is 2.33. The zero-order valence-corrected chi connectivity index (χ0v) is 18.2. The van der Waals surface area contributed by atoms with Crippen molar-refractivity contribution >= 4 is 21.8 Å². The van der Waals surface area contributed by atoms with E-state index in [1.54, 1.807) is 6.20 Å². The quantitative estimate of drug-likeness (QED) is 0.534.